The number of hydrogen-bond donors (Lipinski definition) is 1. The molecule has 0 radical (unpaired) electrons. The highest BCUT2D eigenvalue weighted by molar-refractivity contribution is 6.02. The quantitative estimate of drug-likeness (QED) is 0.513. The molecule has 0 spiro atoms. The summed E-state index contributed by atoms with van der Waals surface area (Å²) in [6, 6.07) is -0.312. The van der Waals surface area contributed by atoms with Gasteiger partial charge in [-0.25, -0.2) is 9.69 Å². The first kappa shape index (κ1) is 15.7. The van der Waals surface area contributed by atoms with E-state index in [1.165, 1.54) is 4.90 Å². The lowest BCUT2D eigenvalue weighted by molar-refractivity contribution is -0.128. The molecule has 0 aromatic heterocycles. The van der Waals surface area contributed by atoms with E-state index in [1.807, 2.05) is 0 Å². The number of imide groups is 1. The van der Waals surface area contributed by atoms with Gasteiger partial charge in [0.05, 0.1) is 6.54 Å². The number of rotatable bonds is 9. The normalized spacial score (nSPS) is 16.9. The van der Waals surface area contributed by atoms with E-state index < -0.39 is 0 Å². The van der Waals surface area contributed by atoms with E-state index in [0.717, 1.165) is 38.8 Å². The Morgan fingerprint density at radius 2 is 1.89 bits per heavy atom. The van der Waals surface area contributed by atoms with Gasteiger partial charge in [-0.05, 0) is 12.8 Å². The third kappa shape index (κ3) is 4.06. The monoisotopic (exact) mass is 267 g/mol. The molecule has 1 N–H and O–H groups in total. The number of carbonyl (C=O) groups excluding carboxylic acids is 2. The molecule has 1 aliphatic rings. The molecular formula is C14H25N3O2. The van der Waals surface area contributed by atoms with E-state index in [0.29, 0.717) is 0 Å². The zero-order valence-electron chi connectivity index (χ0n) is 12.0. The lowest BCUT2D eigenvalue weighted by atomic mass is 10.2. The molecule has 0 aliphatic carbocycles. The molecule has 5 nitrogen and oxygen atoms in total. The van der Waals surface area contributed by atoms with E-state index in [-0.39, 0.29) is 24.6 Å². The number of hydrogen-bond acceptors (Lipinski definition) is 3. The zero-order chi connectivity index (χ0) is 14.3. The molecule has 1 atom stereocenters. The fourth-order valence-corrected chi connectivity index (χ4v) is 2.22. The second-order valence-electron chi connectivity index (χ2n) is 4.81. The van der Waals surface area contributed by atoms with Gasteiger partial charge in [-0.2, -0.15) is 0 Å². The van der Waals surface area contributed by atoms with Crippen LogP contribution in [0, 0.1) is 0 Å². The van der Waals surface area contributed by atoms with Crippen LogP contribution in [0.1, 0.15) is 39.5 Å². The maximum Gasteiger partial charge on any atom is 0.326 e. The number of nitrogens with one attached hydrogen (secondary N) is 1. The van der Waals surface area contributed by atoms with Crippen molar-refractivity contribution >= 4 is 11.9 Å². The van der Waals surface area contributed by atoms with Crippen LogP contribution in [0.2, 0.25) is 0 Å². The van der Waals surface area contributed by atoms with Crippen LogP contribution in [0.5, 0.6) is 0 Å². The minimum absolute atomic E-state index is 0.0958. The van der Waals surface area contributed by atoms with Crippen molar-refractivity contribution in [2.45, 2.75) is 45.7 Å². The average molecular weight is 267 g/mol. The second-order valence-corrected chi connectivity index (χ2v) is 4.81. The highest BCUT2D eigenvalue weighted by Gasteiger charge is 2.36. The first-order valence-electron chi connectivity index (χ1n) is 7.12. The van der Waals surface area contributed by atoms with Crippen molar-refractivity contribution in [3.63, 3.8) is 0 Å². The van der Waals surface area contributed by atoms with Crippen LogP contribution in [0.4, 0.5) is 4.79 Å². The van der Waals surface area contributed by atoms with Crippen molar-refractivity contribution in [3.05, 3.63) is 12.7 Å². The van der Waals surface area contributed by atoms with Crippen molar-refractivity contribution < 1.29 is 9.59 Å². The number of nitrogens with zero attached hydrogens (tertiary/aromatic N) is 2. The van der Waals surface area contributed by atoms with Gasteiger partial charge in [-0.3, -0.25) is 9.69 Å². The smallest absolute Gasteiger partial charge is 0.326 e. The number of amides is 3. The largest absolute Gasteiger partial charge is 0.328 e. The molecule has 3 amide bonds. The molecule has 1 fully saturated rings. The first-order chi connectivity index (χ1) is 9.15. The summed E-state index contributed by atoms with van der Waals surface area (Å²) in [4.78, 5) is 27.0. The first-order valence-corrected chi connectivity index (χ1v) is 7.12. The molecule has 1 unspecified atom stereocenters. The Morgan fingerprint density at radius 1 is 1.32 bits per heavy atom. The minimum Gasteiger partial charge on any atom is -0.328 e. The topological polar surface area (TPSA) is 52.6 Å². The van der Waals surface area contributed by atoms with E-state index in [1.54, 1.807) is 6.08 Å². The van der Waals surface area contributed by atoms with Gasteiger partial charge in [-0.1, -0.05) is 39.3 Å². The summed E-state index contributed by atoms with van der Waals surface area (Å²) in [7, 11) is 0. The fraction of sp³-hybridized carbons (Fsp3) is 0.714. The summed E-state index contributed by atoms with van der Waals surface area (Å²) < 4.78 is 0. The van der Waals surface area contributed by atoms with Gasteiger partial charge < -0.3 is 5.32 Å². The maximum absolute atomic E-state index is 11.8. The van der Waals surface area contributed by atoms with Gasteiger partial charge in [-0.15, -0.1) is 0 Å². The lowest BCUT2D eigenvalue weighted by Crippen LogP contribution is -2.50. The van der Waals surface area contributed by atoms with Crippen molar-refractivity contribution in [3.8, 4) is 0 Å². The molecule has 108 valence electrons. The zero-order valence-corrected chi connectivity index (χ0v) is 12.0. The predicted octanol–water partition coefficient (Wildman–Crippen LogP) is 1.95. The molecule has 0 bridgehead atoms. The molecular weight excluding hydrogens is 242 g/mol. The summed E-state index contributed by atoms with van der Waals surface area (Å²) in [5.41, 5.74) is 0. The van der Waals surface area contributed by atoms with Crippen molar-refractivity contribution in [1.82, 2.24) is 15.1 Å². The van der Waals surface area contributed by atoms with Crippen LogP contribution in [0.15, 0.2) is 12.7 Å². The van der Waals surface area contributed by atoms with Crippen molar-refractivity contribution in [1.29, 1.82) is 0 Å². The molecule has 1 aliphatic heterocycles. The second kappa shape index (κ2) is 7.94. The molecule has 5 heteroatoms. The Kier molecular flexibility index (Phi) is 6.56. The molecule has 1 heterocycles. The van der Waals surface area contributed by atoms with Crippen LogP contribution >= 0.6 is 0 Å². The Morgan fingerprint density at radius 3 is 2.26 bits per heavy atom. The van der Waals surface area contributed by atoms with E-state index in [2.05, 4.69) is 30.6 Å². The van der Waals surface area contributed by atoms with Gasteiger partial charge >= 0.3 is 6.03 Å². The highest BCUT2D eigenvalue weighted by Crippen LogP contribution is 2.14. The van der Waals surface area contributed by atoms with E-state index >= 15 is 0 Å². The lowest BCUT2D eigenvalue weighted by Gasteiger charge is -2.34. The van der Waals surface area contributed by atoms with Crippen LogP contribution in [-0.4, -0.2) is 47.5 Å². The summed E-state index contributed by atoms with van der Waals surface area (Å²) >= 11 is 0. The Labute approximate surface area is 115 Å². The van der Waals surface area contributed by atoms with Crippen LogP contribution < -0.4 is 5.32 Å². The van der Waals surface area contributed by atoms with Crippen molar-refractivity contribution in [2.75, 3.05) is 19.6 Å². The van der Waals surface area contributed by atoms with E-state index in [9.17, 15) is 9.59 Å². The van der Waals surface area contributed by atoms with Gasteiger partial charge in [0.15, 0.2) is 0 Å². The third-order valence-electron chi connectivity index (χ3n) is 3.33. The van der Waals surface area contributed by atoms with Crippen LogP contribution in [-0.2, 0) is 4.79 Å². The Hall–Kier alpha value is -1.36. The van der Waals surface area contributed by atoms with Gasteiger partial charge in [0.2, 0.25) is 0 Å². The summed E-state index contributed by atoms with van der Waals surface area (Å²) in [5, 5.41) is 2.56. The van der Waals surface area contributed by atoms with Gasteiger partial charge in [0.1, 0.15) is 6.17 Å². The average Bonchev–Trinajstić information content (AvgIpc) is 2.73. The summed E-state index contributed by atoms with van der Waals surface area (Å²) in [5.74, 6) is -0.173. The molecule has 0 aromatic carbocycles. The van der Waals surface area contributed by atoms with Crippen LogP contribution in [0.3, 0.4) is 0 Å². The predicted molar refractivity (Wildman–Crippen MR) is 75.6 cm³/mol. The summed E-state index contributed by atoms with van der Waals surface area (Å²) in [6.45, 7) is 9.92. The fourth-order valence-electron chi connectivity index (χ4n) is 2.22. The molecule has 1 saturated heterocycles. The third-order valence-corrected chi connectivity index (χ3v) is 3.33. The SMILES string of the molecule is C=CC(N(CCCC)CCCC)N1C(=O)CNC1=O. The molecule has 19 heavy (non-hydrogen) atoms. The molecule has 1 rings (SSSR count). The number of carbonyl (C=O) groups is 2. The Bertz CT molecular complexity index is 307. The van der Waals surface area contributed by atoms with Crippen LogP contribution in [0.25, 0.3) is 0 Å². The number of urea groups is 1. The number of unbranched alkanes of at least 4 members (excludes halogenated alkanes) is 2. The maximum atomic E-state index is 11.8. The highest BCUT2D eigenvalue weighted by atomic mass is 16.2. The Balaban J connectivity index is 2.78. The standard InChI is InChI=1S/C14H25N3O2/c1-4-7-9-16(10-8-5-2)12(6-3)17-13(18)11-15-14(17)19/h6,12H,3-5,7-11H2,1-2H3,(H,15,19). The van der Waals surface area contributed by atoms with Gasteiger partial charge in [0, 0.05) is 13.1 Å². The van der Waals surface area contributed by atoms with Gasteiger partial charge in [0.25, 0.3) is 5.91 Å². The molecule has 0 saturated carbocycles. The van der Waals surface area contributed by atoms with E-state index in [4.69, 9.17) is 0 Å². The molecule has 0 aromatic rings. The summed E-state index contributed by atoms with van der Waals surface area (Å²) in [6.07, 6.45) is 5.65. The van der Waals surface area contributed by atoms with Crippen molar-refractivity contribution in [2.24, 2.45) is 0 Å². The minimum atomic E-state index is -0.326.